The number of anilines is 1. The van der Waals surface area contributed by atoms with E-state index in [1.165, 1.54) is 19.1 Å². The summed E-state index contributed by atoms with van der Waals surface area (Å²) in [5, 5.41) is 0.331. The van der Waals surface area contributed by atoms with Crippen LogP contribution in [0.5, 0.6) is 0 Å². The Bertz CT molecular complexity index is 1070. The van der Waals surface area contributed by atoms with Crippen molar-refractivity contribution in [2.75, 3.05) is 5.32 Å². The first-order valence-electron chi connectivity index (χ1n) is 10.2. The van der Waals surface area contributed by atoms with Crippen molar-refractivity contribution in [1.82, 2.24) is 9.55 Å². The molecule has 1 saturated carbocycles. The van der Waals surface area contributed by atoms with Crippen LogP contribution in [0.4, 0.5) is 18.9 Å². The smallest absolute Gasteiger partial charge is 0.324 e. The number of halogens is 3. The Morgan fingerprint density at radius 1 is 1.16 bits per heavy atom. The fourth-order valence-corrected chi connectivity index (χ4v) is 5.42. The lowest BCUT2D eigenvalue weighted by Gasteiger charge is -2.26. The van der Waals surface area contributed by atoms with Gasteiger partial charge in [-0.2, -0.15) is 13.2 Å². The number of hydrogen-bond acceptors (Lipinski definition) is 4. The lowest BCUT2D eigenvalue weighted by Crippen LogP contribution is -2.35. The van der Waals surface area contributed by atoms with Crippen LogP contribution >= 0.6 is 0 Å². The zero-order chi connectivity index (χ0) is 23.0. The monoisotopic (exact) mass is 457 g/mol. The van der Waals surface area contributed by atoms with E-state index in [0.29, 0.717) is 5.69 Å². The van der Waals surface area contributed by atoms with E-state index in [1.807, 2.05) is 0 Å². The molecule has 1 aliphatic rings. The number of aromatic nitrogens is 2. The Hall–Kier alpha value is -2.36. The summed E-state index contributed by atoms with van der Waals surface area (Å²) in [6.07, 6.45) is -0.00620. The fourth-order valence-electron chi connectivity index (χ4n) is 3.94. The normalized spacial score (nSPS) is 16.8. The van der Waals surface area contributed by atoms with Gasteiger partial charge in [0, 0.05) is 11.7 Å². The van der Waals surface area contributed by atoms with E-state index >= 15 is 0 Å². The van der Waals surface area contributed by atoms with Crippen molar-refractivity contribution in [2.45, 2.75) is 75.5 Å². The minimum atomic E-state index is -4.68. The van der Waals surface area contributed by atoms with E-state index in [4.69, 9.17) is 0 Å². The third-order valence-corrected chi connectivity index (χ3v) is 7.82. The number of imidazole rings is 1. The van der Waals surface area contributed by atoms with E-state index in [-0.39, 0.29) is 11.2 Å². The molecule has 0 saturated heterocycles. The molecule has 0 unspecified atom stereocenters. The molecule has 1 fully saturated rings. The molecule has 10 heteroatoms. The molecule has 2 aromatic rings. The molecule has 1 N–H and O–H groups in total. The van der Waals surface area contributed by atoms with Gasteiger partial charge in [-0.1, -0.05) is 31.4 Å². The summed E-state index contributed by atoms with van der Waals surface area (Å²) in [5.74, 6) is -1.04. The van der Waals surface area contributed by atoms with Crippen LogP contribution in [0.1, 0.15) is 62.0 Å². The van der Waals surface area contributed by atoms with Gasteiger partial charge >= 0.3 is 6.18 Å². The molecule has 170 valence electrons. The molecule has 0 spiro atoms. The SMILES string of the molecule is Cc1nc(S(=O)(=O)[C@@H](C)C(=O)Nc2ccccc2C(F)(F)F)n(C2CCCCC2)c1C. The molecule has 1 atom stereocenters. The lowest BCUT2D eigenvalue weighted by molar-refractivity contribution is -0.137. The number of benzene rings is 1. The van der Waals surface area contributed by atoms with Crippen LogP contribution in [-0.2, 0) is 20.8 Å². The third kappa shape index (κ3) is 4.63. The number of para-hydroxylation sites is 1. The molecule has 1 amide bonds. The Morgan fingerprint density at radius 2 is 1.77 bits per heavy atom. The van der Waals surface area contributed by atoms with Gasteiger partial charge in [0.25, 0.3) is 0 Å². The predicted octanol–water partition coefficient (Wildman–Crippen LogP) is 4.82. The molecule has 1 aromatic carbocycles. The summed E-state index contributed by atoms with van der Waals surface area (Å²) in [4.78, 5) is 16.9. The molecule has 1 aliphatic carbocycles. The molecule has 0 aliphatic heterocycles. The average Bonchev–Trinajstić information content (AvgIpc) is 3.03. The molecular formula is C21H26F3N3O3S. The zero-order valence-corrected chi connectivity index (χ0v) is 18.5. The number of aryl methyl sites for hydroxylation is 1. The Morgan fingerprint density at radius 3 is 2.39 bits per heavy atom. The van der Waals surface area contributed by atoms with Crippen LogP contribution in [0.25, 0.3) is 0 Å². The number of alkyl halides is 3. The van der Waals surface area contributed by atoms with Gasteiger partial charge in [-0.3, -0.25) is 4.79 Å². The topological polar surface area (TPSA) is 81.1 Å². The van der Waals surface area contributed by atoms with Crippen molar-refractivity contribution >= 4 is 21.4 Å². The minimum Gasteiger partial charge on any atom is -0.324 e. The van der Waals surface area contributed by atoms with Crippen molar-refractivity contribution in [3.8, 4) is 0 Å². The zero-order valence-electron chi connectivity index (χ0n) is 17.7. The van der Waals surface area contributed by atoms with Crippen molar-refractivity contribution in [3.05, 3.63) is 41.2 Å². The molecule has 3 rings (SSSR count). The minimum absolute atomic E-state index is 0.0269. The summed E-state index contributed by atoms with van der Waals surface area (Å²) in [5.41, 5.74) is -0.243. The maximum absolute atomic E-state index is 13.3. The van der Waals surface area contributed by atoms with E-state index in [1.54, 1.807) is 18.4 Å². The highest BCUT2D eigenvalue weighted by atomic mass is 32.2. The summed E-state index contributed by atoms with van der Waals surface area (Å²) in [6, 6.07) is 4.44. The summed E-state index contributed by atoms with van der Waals surface area (Å²) < 4.78 is 68.0. The summed E-state index contributed by atoms with van der Waals surface area (Å²) in [7, 11) is -4.23. The first kappa shape index (κ1) is 23.3. The number of hydrogen-bond donors (Lipinski definition) is 1. The number of carbonyl (C=O) groups excluding carboxylic acids is 1. The number of sulfone groups is 1. The predicted molar refractivity (Wildman–Crippen MR) is 111 cm³/mol. The summed E-state index contributed by atoms with van der Waals surface area (Å²) >= 11 is 0. The van der Waals surface area contributed by atoms with Gasteiger partial charge in [0.05, 0.1) is 16.9 Å². The van der Waals surface area contributed by atoms with E-state index in [2.05, 4.69) is 10.3 Å². The molecular weight excluding hydrogens is 431 g/mol. The Balaban J connectivity index is 1.93. The van der Waals surface area contributed by atoms with E-state index in [0.717, 1.165) is 49.9 Å². The van der Waals surface area contributed by atoms with Crippen LogP contribution in [0.15, 0.2) is 29.4 Å². The van der Waals surface area contributed by atoms with Crippen LogP contribution in [0.2, 0.25) is 0 Å². The van der Waals surface area contributed by atoms with Crippen LogP contribution in [0, 0.1) is 13.8 Å². The first-order valence-corrected chi connectivity index (χ1v) is 11.8. The highest BCUT2D eigenvalue weighted by molar-refractivity contribution is 7.92. The van der Waals surface area contributed by atoms with Crippen LogP contribution < -0.4 is 5.32 Å². The second-order valence-corrected chi connectivity index (χ2v) is 10.1. The third-order valence-electron chi connectivity index (χ3n) is 5.87. The maximum Gasteiger partial charge on any atom is 0.418 e. The van der Waals surface area contributed by atoms with Gasteiger partial charge < -0.3 is 9.88 Å². The molecule has 0 radical (unpaired) electrons. The Labute approximate surface area is 179 Å². The van der Waals surface area contributed by atoms with Crippen molar-refractivity contribution in [2.24, 2.45) is 0 Å². The van der Waals surface area contributed by atoms with Gasteiger partial charge in [0.15, 0.2) is 0 Å². The number of rotatable bonds is 5. The van der Waals surface area contributed by atoms with Gasteiger partial charge in [0.2, 0.25) is 20.9 Å². The number of nitrogens with zero attached hydrogens (tertiary/aromatic N) is 2. The molecule has 1 heterocycles. The second kappa shape index (κ2) is 8.64. The highest BCUT2D eigenvalue weighted by Crippen LogP contribution is 2.36. The van der Waals surface area contributed by atoms with E-state index in [9.17, 15) is 26.4 Å². The number of carbonyl (C=O) groups is 1. The molecule has 31 heavy (non-hydrogen) atoms. The van der Waals surface area contributed by atoms with Crippen molar-refractivity contribution in [1.29, 1.82) is 0 Å². The first-order chi connectivity index (χ1) is 14.4. The number of amides is 1. The van der Waals surface area contributed by atoms with Gasteiger partial charge in [-0.25, -0.2) is 13.4 Å². The lowest BCUT2D eigenvalue weighted by atomic mass is 9.95. The quantitative estimate of drug-likeness (QED) is 0.698. The fraction of sp³-hybridized carbons (Fsp3) is 0.524. The van der Waals surface area contributed by atoms with Gasteiger partial charge in [-0.15, -0.1) is 0 Å². The average molecular weight is 458 g/mol. The molecule has 0 bridgehead atoms. The Kier molecular flexibility index (Phi) is 6.50. The van der Waals surface area contributed by atoms with Crippen molar-refractivity contribution in [3.63, 3.8) is 0 Å². The largest absolute Gasteiger partial charge is 0.418 e. The summed E-state index contributed by atoms with van der Waals surface area (Å²) in [6.45, 7) is 4.67. The van der Waals surface area contributed by atoms with Crippen LogP contribution in [0.3, 0.4) is 0 Å². The van der Waals surface area contributed by atoms with Gasteiger partial charge in [0.1, 0.15) is 5.25 Å². The van der Waals surface area contributed by atoms with Gasteiger partial charge in [-0.05, 0) is 45.7 Å². The number of nitrogens with one attached hydrogen (secondary N) is 1. The maximum atomic E-state index is 13.3. The standard InChI is InChI=1S/C21H26F3N3O3S/c1-13-14(2)27(16-9-5-4-6-10-16)20(25-13)31(29,30)15(3)19(28)26-18-12-8-7-11-17(18)21(22,23)24/h7-8,11-12,15-16H,4-6,9-10H2,1-3H3,(H,26,28)/t15-/m0/s1. The highest BCUT2D eigenvalue weighted by Gasteiger charge is 2.38. The molecule has 1 aromatic heterocycles. The van der Waals surface area contributed by atoms with Crippen molar-refractivity contribution < 1.29 is 26.4 Å². The second-order valence-electron chi connectivity index (χ2n) is 7.95. The molecule has 6 nitrogen and oxygen atoms in total. The van der Waals surface area contributed by atoms with E-state index < -0.39 is 38.4 Å². The van der Waals surface area contributed by atoms with Crippen LogP contribution in [-0.4, -0.2) is 29.1 Å².